The molecular formula is C15H21N3OS. The van der Waals surface area contributed by atoms with Crippen molar-refractivity contribution in [1.82, 2.24) is 10.1 Å². The highest BCUT2D eigenvalue weighted by Gasteiger charge is 2.27. The van der Waals surface area contributed by atoms with Crippen LogP contribution < -0.4 is 5.73 Å². The number of nitrogens with zero attached hydrogens (tertiary/aromatic N) is 2. The normalized spacial score (nSPS) is 13.4. The van der Waals surface area contributed by atoms with Crippen molar-refractivity contribution in [1.29, 1.82) is 0 Å². The molecule has 0 spiro atoms. The van der Waals surface area contributed by atoms with E-state index in [9.17, 15) is 0 Å². The molecule has 0 amide bonds. The van der Waals surface area contributed by atoms with Crippen LogP contribution in [0.3, 0.4) is 0 Å². The smallest absolute Gasteiger partial charge is 0.244 e. The number of hydrogen-bond donors (Lipinski definition) is 1. The molecule has 2 N–H and O–H groups in total. The number of hydrogen-bond acceptors (Lipinski definition) is 5. The lowest BCUT2D eigenvalue weighted by Crippen LogP contribution is -2.26. The molecule has 2 aromatic rings. The van der Waals surface area contributed by atoms with Gasteiger partial charge in [0.1, 0.15) is 0 Å². The van der Waals surface area contributed by atoms with E-state index in [2.05, 4.69) is 62.1 Å². The Hall–Kier alpha value is -1.33. The van der Waals surface area contributed by atoms with Gasteiger partial charge < -0.3 is 10.3 Å². The first kappa shape index (κ1) is 15.1. The van der Waals surface area contributed by atoms with Crippen molar-refractivity contribution in [2.45, 2.75) is 44.4 Å². The van der Waals surface area contributed by atoms with Crippen molar-refractivity contribution in [3.8, 4) is 0 Å². The van der Waals surface area contributed by atoms with Gasteiger partial charge in [0.2, 0.25) is 5.89 Å². The second kappa shape index (κ2) is 5.97. The molecule has 0 radical (unpaired) electrons. The largest absolute Gasteiger partial charge is 0.338 e. The predicted molar refractivity (Wildman–Crippen MR) is 81.4 cm³/mol. The maximum absolute atomic E-state index is 6.11. The highest BCUT2D eigenvalue weighted by molar-refractivity contribution is 7.98. The molecule has 0 saturated carbocycles. The first-order valence-electron chi connectivity index (χ1n) is 6.64. The summed E-state index contributed by atoms with van der Waals surface area (Å²) in [6.45, 7) is 8.26. The van der Waals surface area contributed by atoms with Crippen molar-refractivity contribution in [2.75, 3.05) is 0 Å². The van der Waals surface area contributed by atoms with E-state index >= 15 is 0 Å². The number of rotatable bonds is 4. The zero-order valence-corrected chi connectivity index (χ0v) is 13.2. The summed E-state index contributed by atoms with van der Waals surface area (Å²) >= 11 is 1.69. The van der Waals surface area contributed by atoms with Gasteiger partial charge in [-0.15, -0.1) is 11.8 Å². The average molecular weight is 291 g/mol. The second-order valence-electron chi connectivity index (χ2n) is 6.00. The van der Waals surface area contributed by atoms with Crippen molar-refractivity contribution in [2.24, 2.45) is 11.1 Å². The summed E-state index contributed by atoms with van der Waals surface area (Å²) in [5.74, 6) is 1.88. The Morgan fingerprint density at radius 1 is 1.35 bits per heavy atom. The van der Waals surface area contributed by atoms with E-state index in [1.165, 1.54) is 10.5 Å². The highest BCUT2D eigenvalue weighted by Crippen LogP contribution is 2.30. The fourth-order valence-electron chi connectivity index (χ4n) is 1.68. The molecular weight excluding hydrogens is 270 g/mol. The van der Waals surface area contributed by atoms with E-state index in [1.54, 1.807) is 11.8 Å². The van der Waals surface area contributed by atoms with Crippen LogP contribution >= 0.6 is 11.8 Å². The van der Waals surface area contributed by atoms with Crippen LogP contribution in [0.4, 0.5) is 0 Å². The van der Waals surface area contributed by atoms with Gasteiger partial charge >= 0.3 is 0 Å². The van der Waals surface area contributed by atoms with Crippen LogP contribution in [0.15, 0.2) is 33.7 Å². The third-order valence-corrected chi connectivity index (χ3v) is 4.03. The Balaban J connectivity index is 2.00. The molecule has 0 saturated heterocycles. The molecule has 4 nitrogen and oxygen atoms in total. The Kier molecular flexibility index (Phi) is 4.50. The Morgan fingerprint density at radius 2 is 2.10 bits per heavy atom. The standard InChI is InChI=1S/C15H21N3OS/c1-10-6-5-7-11(8-10)20-9-12-17-14(19-18-12)13(16)15(2,3)4/h5-8,13H,9,16H2,1-4H3. The molecule has 0 aliphatic heterocycles. The predicted octanol–water partition coefficient (Wildman–Crippen LogP) is 3.72. The first-order valence-corrected chi connectivity index (χ1v) is 7.62. The highest BCUT2D eigenvalue weighted by atomic mass is 32.2. The van der Waals surface area contributed by atoms with E-state index < -0.39 is 0 Å². The number of aromatic nitrogens is 2. The summed E-state index contributed by atoms with van der Waals surface area (Å²) in [6, 6.07) is 8.12. The van der Waals surface area contributed by atoms with Crippen LogP contribution in [0.1, 0.15) is 44.1 Å². The lowest BCUT2D eigenvalue weighted by molar-refractivity contribution is 0.252. The third kappa shape index (κ3) is 3.84. The molecule has 1 aromatic carbocycles. The molecule has 0 fully saturated rings. The van der Waals surface area contributed by atoms with Crippen LogP contribution in [0.5, 0.6) is 0 Å². The Labute approximate surface area is 124 Å². The SMILES string of the molecule is Cc1cccc(SCc2noc(C(N)C(C)(C)C)n2)c1. The molecule has 1 aromatic heterocycles. The molecule has 20 heavy (non-hydrogen) atoms. The average Bonchev–Trinajstić information content (AvgIpc) is 2.83. The van der Waals surface area contributed by atoms with Gasteiger partial charge in [0.25, 0.3) is 0 Å². The van der Waals surface area contributed by atoms with E-state index in [-0.39, 0.29) is 11.5 Å². The fourth-order valence-corrected chi connectivity index (χ4v) is 2.53. The Morgan fingerprint density at radius 3 is 2.75 bits per heavy atom. The summed E-state index contributed by atoms with van der Waals surface area (Å²) in [6.07, 6.45) is 0. The van der Waals surface area contributed by atoms with Crippen molar-refractivity contribution in [3.05, 3.63) is 41.5 Å². The summed E-state index contributed by atoms with van der Waals surface area (Å²) in [5, 5.41) is 4.00. The van der Waals surface area contributed by atoms with Crippen LogP contribution in [0.25, 0.3) is 0 Å². The first-order chi connectivity index (χ1) is 9.36. The van der Waals surface area contributed by atoms with Gasteiger partial charge in [-0.05, 0) is 24.5 Å². The summed E-state index contributed by atoms with van der Waals surface area (Å²) in [5.41, 5.74) is 7.27. The van der Waals surface area contributed by atoms with E-state index in [4.69, 9.17) is 10.3 Å². The molecule has 108 valence electrons. The lowest BCUT2D eigenvalue weighted by atomic mass is 9.87. The summed E-state index contributed by atoms with van der Waals surface area (Å²) in [7, 11) is 0. The molecule has 1 heterocycles. The number of benzene rings is 1. The van der Waals surface area contributed by atoms with E-state index in [0.29, 0.717) is 17.5 Å². The topological polar surface area (TPSA) is 64.9 Å². The van der Waals surface area contributed by atoms with Gasteiger partial charge in [0.15, 0.2) is 5.82 Å². The molecule has 2 rings (SSSR count). The van der Waals surface area contributed by atoms with Crippen LogP contribution in [-0.2, 0) is 5.75 Å². The van der Waals surface area contributed by atoms with Crippen LogP contribution in [-0.4, -0.2) is 10.1 Å². The molecule has 5 heteroatoms. The Bertz CT molecular complexity index is 574. The van der Waals surface area contributed by atoms with Gasteiger partial charge in [-0.25, -0.2) is 0 Å². The maximum Gasteiger partial charge on any atom is 0.244 e. The lowest BCUT2D eigenvalue weighted by Gasteiger charge is -2.23. The third-order valence-electron chi connectivity index (χ3n) is 3.04. The zero-order valence-electron chi connectivity index (χ0n) is 12.4. The monoisotopic (exact) mass is 291 g/mol. The van der Waals surface area contributed by atoms with Gasteiger partial charge in [0, 0.05) is 4.90 Å². The van der Waals surface area contributed by atoms with Crippen LogP contribution in [0.2, 0.25) is 0 Å². The summed E-state index contributed by atoms with van der Waals surface area (Å²) < 4.78 is 5.27. The van der Waals surface area contributed by atoms with Gasteiger partial charge in [-0.3, -0.25) is 0 Å². The zero-order chi connectivity index (χ0) is 14.8. The molecule has 0 bridgehead atoms. The molecule has 1 unspecified atom stereocenters. The summed E-state index contributed by atoms with van der Waals surface area (Å²) in [4.78, 5) is 5.60. The number of thioether (sulfide) groups is 1. The molecule has 0 aliphatic rings. The van der Waals surface area contributed by atoms with E-state index in [1.807, 2.05) is 0 Å². The molecule has 1 atom stereocenters. The fraction of sp³-hybridized carbons (Fsp3) is 0.467. The van der Waals surface area contributed by atoms with Crippen molar-refractivity contribution >= 4 is 11.8 Å². The minimum atomic E-state index is -0.243. The minimum Gasteiger partial charge on any atom is -0.338 e. The quantitative estimate of drug-likeness (QED) is 0.870. The van der Waals surface area contributed by atoms with Crippen molar-refractivity contribution < 1.29 is 4.52 Å². The maximum atomic E-state index is 6.11. The van der Waals surface area contributed by atoms with Gasteiger partial charge in [0.05, 0.1) is 11.8 Å². The number of nitrogens with two attached hydrogens (primary N) is 1. The molecule has 0 aliphatic carbocycles. The second-order valence-corrected chi connectivity index (χ2v) is 7.05. The van der Waals surface area contributed by atoms with Gasteiger partial charge in [-0.1, -0.05) is 43.6 Å². The van der Waals surface area contributed by atoms with Crippen molar-refractivity contribution in [3.63, 3.8) is 0 Å². The van der Waals surface area contributed by atoms with Crippen LogP contribution in [0, 0.1) is 12.3 Å². The number of aryl methyl sites for hydroxylation is 1. The van der Waals surface area contributed by atoms with Gasteiger partial charge in [-0.2, -0.15) is 4.98 Å². The van der Waals surface area contributed by atoms with E-state index in [0.717, 1.165) is 0 Å². The minimum absolute atomic E-state index is 0.0898.